The van der Waals surface area contributed by atoms with Gasteiger partial charge in [-0.1, -0.05) is 91.0 Å². The SMILES string of the molecule is CC(=O)c1ncc(NC(=O)[C@@H]2CN2C(c2ccccc2)(c2ccccc2)c2ccccc2)n1C. The van der Waals surface area contributed by atoms with E-state index >= 15 is 0 Å². The number of anilines is 1. The van der Waals surface area contributed by atoms with Gasteiger partial charge in [0.05, 0.1) is 11.7 Å². The van der Waals surface area contributed by atoms with Gasteiger partial charge in [0.2, 0.25) is 5.91 Å². The van der Waals surface area contributed by atoms with Crippen LogP contribution in [0.25, 0.3) is 0 Å². The molecule has 1 aromatic heterocycles. The maximum atomic E-state index is 13.4. The smallest absolute Gasteiger partial charge is 0.244 e. The zero-order chi connectivity index (χ0) is 23.7. The van der Waals surface area contributed by atoms with Gasteiger partial charge in [-0.3, -0.25) is 14.5 Å². The molecule has 1 aliphatic rings. The Labute approximate surface area is 198 Å². The van der Waals surface area contributed by atoms with Crippen LogP contribution in [0.5, 0.6) is 0 Å². The Morgan fingerprint density at radius 1 is 0.853 bits per heavy atom. The summed E-state index contributed by atoms with van der Waals surface area (Å²) in [7, 11) is 1.73. The first-order valence-electron chi connectivity index (χ1n) is 11.3. The molecule has 3 aromatic carbocycles. The highest BCUT2D eigenvalue weighted by molar-refractivity contribution is 5.97. The van der Waals surface area contributed by atoms with E-state index in [9.17, 15) is 9.59 Å². The van der Waals surface area contributed by atoms with Crippen molar-refractivity contribution in [1.82, 2.24) is 14.5 Å². The van der Waals surface area contributed by atoms with Gasteiger partial charge in [-0.05, 0) is 16.7 Å². The van der Waals surface area contributed by atoms with E-state index in [1.54, 1.807) is 11.6 Å². The average molecular weight is 451 g/mol. The van der Waals surface area contributed by atoms with Gasteiger partial charge >= 0.3 is 0 Å². The zero-order valence-electron chi connectivity index (χ0n) is 19.2. The van der Waals surface area contributed by atoms with Crippen LogP contribution in [-0.2, 0) is 17.4 Å². The van der Waals surface area contributed by atoms with Gasteiger partial charge in [-0.2, -0.15) is 0 Å². The first-order chi connectivity index (χ1) is 16.5. The van der Waals surface area contributed by atoms with Gasteiger partial charge in [0.1, 0.15) is 11.9 Å². The van der Waals surface area contributed by atoms with Crippen molar-refractivity contribution >= 4 is 17.5 Å². The summed E-state index contributed by atoms with van der Waals surface area (Å²) in [5, 5.41) is 2.97. The standard InChI is InChI=1S/C28H26N4O2/c1-20(33)26-29-18-25(31(26)2)30-27(34)24-19-32(24)28(21-12-6-3-7-13-21,22-14-8-4-9-15-22)23-16-10-5-11-17-23/h3-18,24H,19H2,1-2H3,(H,30,34)/t24-,32?/m0/s1. The first kappa shape index (κ1) is 21.8. The van der Waals surface area contributed by atoms with Gasteiger partial charge in [-0.25, -0.2) is 4.98 Å². The summed E-state index contributed by atoms with van der Waals surface area (Å²) in [6.45, 7) is 2.06. The van der Waals surface area contributed by atoms with E-state index in [-0.39, 0.29) is 17.7 Å². The number of rotatable bonds is 7. The largest absolute Gasteiger partial charge is 0.311 e. The molecule has 6 heteroatoms. The monoisotopic (exact) mass is 450 g/mol. The number of ketones is 1. The number of aromatic nitrogens is 2. The second-order valence-corrected chi connectivity index (χ2v) is 8.55. The van der Waals surface area contributed by atoms with Crippen LogP contribution >= 0.6 is 0 Å². The number of Topliss-reactive ketones (excluding diaryl/α,β-unsaturated/α-hetero) is 1. The molecular weight excluding hydrogens is 424 g/mol. The van der Waals surface area contributed by atoms with Crippen LogP contribution in [-0.4, -0.2) is 38.7 Å². The van der Waals surface area contributed by atoms with Crippen LogP contribution in [0, 0.1) is 0 Å². The normalized spacial score (nSPS) is 17.2. The minimum atomic E-state index is -0.622. The quantitative estimate of drug-likeness (QED) is 0.260. The summed E-state index contributed by atoms with van der Waals surface area (Å²) in [4.78, 5) is 31.5. The van der Waals surface area contributed by atoms with E-state index in [1.165, 1.54) is 13.1 Å². The van der Waals surface area contributed by atoms with E-state index in [0.717, 1.165) is 16.7 Å². The number of hydrogen-bond acceptors (Lipinski definition) is 4. The lowest BCUT2D eigenvalue weighted by Crippen LogP contribution is -2.40. The number of nitrogens with one attached hydrogen (secondary N) is 1. The highest BCUT2D eigenvalue weighted by Gasteiger charge is 2.56. The molecular formula is C28H26N4O2. The lowest BCUT2D eigenvalue weighted by atomic mass is 9.76. The number of carbonyl (C=O) groups excluding carboxylic acids is 2. The molecule has 1 fully saturated rings. The fraction of sp³-hybridized carbons (Fsp3) is 0.179. The molecule has 0 radical (unpaired) electrons. The summed E-state index contributed by atoms with van der Waals surface area (Å²) < 4.78 is 1.62. The third-order valence-corrected chi connectivity index (χ3v) is 6.47. The predicted octanol–water partition coefficient (Wildman–Crippen LogP) is 4.24. The Bertz CT molecular complexity index is 1220. The molecule has 34 heavy (non-hydrogen) atoms. The molecule has 0 saturated carbocycles. The van der Waals surface area contributed by atoms with Crippen molar-refractivity contribution in [2.45, 2.75) is 18.5 Å². The van der Waals surface area contributed by atoms with Crippen LogP contribution in [0.3, 0.4) is 0 Å². The molecule has 0 aliphatic carbocycles. The molecule has 1 saturated heterocycles. The van der Waals surface area contributed by atoms with E-state index in [4.69, 9.17) is 0 Å². The summed E-state index contributed by atoms with van der Waals surface area (Å²) in [6.07, 6.45) is 1.53. The highest BCUT2D eigenvalue weighted by Crippen LogP contribution is 2.48. The van der Waals surface area contributed by atoms with Crippen LogP contribution in [0.1, 0.15) is 34.2 Å². The Kier molecular flexibility index (Phi) is 5.59. The Morgan fingerprint density at radius 2 is 1.32 bits per heavy atom. The second-order valence-electron chi connectivity index (χ2n) is 8.55. The van der Waals surface area contributed by atoms with Gasteiger partial charge in [-0.15, -0.1) is 0 Å². The topological polar surface area (TPSA) is 67.0 Å². The number of amides is 1. The van der Waals surface area contributed by atoms with Crippen molar-refractivity contribution in [2.75, 3.05) is 11.9 Å². The maximum Gasteiger partial charge on any atom is 0.244 e. The Hall–Kier alpha value is -4.03. The van der Waals surface area contributed by atoms with Crippen molar-refractivity contribution in [2.24, 2.45) is 7.05 Å². The van der Waals surface area contributed by atoms with Crippen molar-refractivity contribution in [1.29, 1.82) is 0 Å². The van der Waals surface area contributed by atoms with E-state index in [0.29, 0.717) is 18.2 Å². The third-order valence-electron chi connectivity index (χ3n) is 6.47. The number of nitrogens with zero attached hydrogens (tertiary/aromatic N) is 3. The molecule has 6 nitrogen and oxygen atoms in total. The Balaban J connectivity index is 1.56. The minimum absolute atomic E-state index is 0.120. The molecule has 4 aromatic rings. The van der Waals surface area contributed by atoms with Gasteiger partial charge in [0, 0.05) is 20.5 Å². The molecule has 170 valence electrons. The lowest BCUT2D eigenvalue weighted by Gasteiger charge is -2.38. The van der Waals surface area contributed by atoms with Gasteiger partial charge in [0.15, 0.2) is 11.6 Å². The highest BCUT2D eigenvalue weighted by atomic mass is 16.2. The first-order valence-corrected chi connectivity index (χ1v) is 11.3. The van der Waals surface area contributed by atoms with Crippen molar-refractivity contribution in [3.8, 4) is 0 Å². The molecule has 2 heterocycles. The molecule has 1 unspecified atom stereocenters. The summed E-state index contributed by atoms with van der Waals surface area (Å²) in [5.74, 6) is 0.555. The van der Waals surface area contributed by atoms with Gasteiger partial charge < -0.3 is 9.88 Å². The molecule has 0 spiro atoms. The molecule has 1 amide bonds. The van der Waals surface area contributed by atoms with Crippen molar-refractivity contribution in [3.05, 3.63) is 120 Å². The zero-order valence-corrected chi connectivity index (χ0v) is 19.2. The molecule has 0 bridgehead atoms. The van der Waals surface area contributed by atoms with Crippen LogP contribution < -0.4 is 5.32 Å². The van der Waals surface area contributed by atoms with Crippen molar-refractivity contribution in [3.63, 3.8) is 0 Å². The Morgan fingerprint density at radius 3 is 1.74 bits per heavy atom. The third kappa shape index (κ3) is 3.62. The van der Waals surface area contributed by atoms with E-state index < -0.39 is 5.54 Å². The van der Waals surface area contributed by atoms with Crippen molar-refractivity contribution < 1.29 is 9.59 Å². The summed E-state index contributed by atoms with van der Waals surface area (Å²) in [5.41, 5.74) is 2.68. The number of hydrogen-bond donors (Lipinski definition) is 1. The van der Waals surface area contributed by atoms with Crippen LogP contribution in [0.15, 0.2) is 97.2 Å². The number of carbonyl (C=O) groups is 2. The summed E-state index contributed by atoms with van der Waals surface area (Å²) in [6, 6.07) is 30.6. The predicted molar refractivity (Wildman–Crippen MR) is 132 cm³/mol. The number of imidazole rings is 1. The fourth-order valence-electron chi connectivity index (χ4n) is 4.83. The minimum Gasteiger partial charge on any atom is -0.311 e. The average Bonchev–Trinajstić information content (AvgIpc) is 3.59. The van der Waals surface area contributed by atoms with E-state index in [2.05, 4.69) is 51.6 Å². The fourth-order valence-corrected chi connectivity index (χ4v) is 4.83. The van der Waals surface area contributed by atoms with Crippen LogP contribution in [0.2, 0.25) is 0 Å². The van der Waals surface area contributed by atoms with Crippen LogP contribution in [0.4, 0.5) is 5.82 Å². The molecule has 1 N–H and O–H groups in total. The molecule has 5 rings (SSSR count). The van der Waals surface area contributed by atoms with E-state index in [1.807, 2.05) is 54.6 Å². The lowest BCUT2D eigenvalue weighted by molar-refractivity contribution is -0.116. The molecule has 1 aliphatic heterocycles. The van der Waals surface area contributed by atoms with Gasteiger partial charge in [0.25, 0.3) is 0 Å². The number of benzene rings is 3. The maximum absolute atomic E-state index is 13.4. The summed E-state index contributed by atoms with van der Waals surface area (Å²) >= 11 is 0. The second kappa shape index (κ2) is 8.72. The molecule has 2 atom stereocenters.